The molecule has 0 aliphatic carbocycles. The summed E-state index contributed by atoms with van der Waals surface area (Å²) in [5, 5.41) is 10.9. The zero-order chi connectivity index (χ0) is 29.3. The standard InChI is InChI=1S/C31H22N2O8/c1-18-5-3-6-19(2)28(18)41-24-12-10-22(11-13-24)32-29(35)25-14-9-21(16-26(25)30(32)36)31(37)40-17-27(34)20-7-4-8-23(15-20)33(38)39/h3-16H,17H2,1-2H3. The molecule has 5 rings (SSSR count). The number of esters is 1. The molecule has 1 aliphatic rings. The molecule has 2 amide bonds. The number of para-hydroxylation sites is 1. The number of carbonyl (C=O) groups is 4. The van der Waals surface area contributed by atoms with Crippen molar-refractivity contribution in [2.45, 2.75) is 13.8 Å². The van der Waals surface area contributed by atoms with Gasteiger partial charge in [-0.1, -0.05) is 30.3 Å². The summed E-state index contributed by atoms with van der Waals surface area (Å²) >= 11 is 0. The predicted molar refractivity (Wildman–Crippen MR) is 148 cm³/mol. The van der Waals surface area contributed by atoms with Crippen LogP contribution in [0, 0.1) is 24.0 Å². The Morgan fingerprint density at radius 2 is 1.46 bits per heavy atom. The Balaban J connectivity index is 1.28. The highest BCUT2D eigenvalue weighted by atomic mass is 16.6. The van der Waals surface area contributed by atoms with Crippen molar-refractivity contribution in [2.75, 3.05) is 11.5 Å². The number of ether oxygens (including phenoxy) is 2. The predicted octanol–water partition coefficient (Wildman–Crippen LogP) is 5.84. The van der Waals surface area contributed by atoms with Crippen LogP contribution in [0.5, 0.6) is 11.5 Å². The normalized spacial score (nSPS) is 12.2. The second kappa shape index (κ2) is 10.9. The maximum atomic E-state index is 13.2. The molecule has 4 aromatic rings. The molecule has 10 heteroatoms. The van der Waals surface area contributed by atoms with Crippen LogP contribution >= 0.6 is 0 Å². The lowest BCUT2D eigenvalue weighted by molar-refractivity contribution is -0.384. The van der Waals surface area contributed by atoms with E-state index in [9.17, 15) is 29.3 Å². The number of nitrogens with zero attached hydrogens (tertiary/aromatic N) is 2. The van der Waals surface area contributed by atoms with Crippen molar-refractivity contribution in [1.29, 1.82) is 0 Å². The number of rotatable bonds is 8. The van der Waals surface area contributed by atoms with Gasteiger partial charge in [0.25, 0.3) is 17.5 Å². The smallest absolute Gasteiger partial charge is 0.338 e. The summed E-state index contributed by atoms with van der Waals surface area (Å²) in [5.74, 6) is -1.42. The summed E-state index contributed by atoms with van der Waals surface area (Å²) in [7, 11) is 0. The first-order chi connectivity index (χ1) is 19.6. The fourth-order valence-corrected chi connectivity index (χ4v) is 4.43. The first kappa shape index (κ1) is 26.9. The zero-order valence-electron chi connectivity index (χ0n) is 22.0. The zero-order valence-corrected chi connectivity index (χ0v) is 22.0. The van der Waals surface area contributed by atoms with Gasteiger partial charge in [0.2, 0.25) is 5.78 Å². The largest absolute Gasteiger partial charge is 0.457 e. The SMILES string of the molecule is Cc1cccc(C)c1Oc1ccc(N2C(=O)c3ccc(C(=O)OCC(=O)c4cccc([N+](=O)[O-])c4)cc3C2=O)cc1. The monoisotopic (exact) mass is 550 g/mol. The van der Waals surface area contributed by atoms with E-state index in [-0.39, 0.29) is 27.9 Å². The number of carbonyl (C=O) groups excluding carboxylic acids is 4. The molecule has 1 heterocycles. The Morgan fingerprint density at radius 1 is 0.805 bits per heavy atom. The van der Waals surface area contributed by atoms with Gasteiger partial charge < -0.3 is 9.47 Å². The van der Waals surface area contributed by atoms with Crippen molar-refractivity contribution in [3.05, 3.63) is 128 Å². The van der Waals surface area contributed by atoms with Crippen LogP contribution in [0.25, 0.3) is 0 Å². The maximum absolute atomic E-state index is 13.2. The van der Waals surface area contributed by atoms with Gasteiger partial charge in [0.15, 0.2) is 6.61 Å². The molecular weight excluding hydrogens is 528 g/mol. The van der Waals surface area contributed by atoms with Gasteiger partial charge in [-0.25, -0.2) is 9.69 Å². The highest BCUT2D eigenvalue weighted by Gasteiger charge is 2.37. The number of ketones is 1. The molecule has 0 unspecified atom stereocenters. The fraction of sp³-hybridized carbons (Fsp3) is 0.0968. The Labute approximate surface area is 233 Å². The number of aryl methyl sites for hydroxylation is 2. The quantitative estimate of drug-likeness (QED) is 0.0878. The lowest BCUT2D eigenvalue weighted by Crippen LogP contribution is -2.29. The number of Topliss-reactive ketones (excluding diaryl/α,β-unsaturated/α-hetero) is 1. The Bertz CT molecular complexity index is 1720. The van der Waals surface area contributed by atoms with Crippen LogP contribution in [0.3, 0.4) is 0 Å². The minimum Gasteiger partial charge on any atom is -0.457 e. The van der Waals surface area contributed by atoms with Crippen molar-refractivity contribution in [2.24, 2.45) is 0 Å². The first-order valence-electron chi connectivity index (χ1n) is 12.5. The minimum absolute atomic E-state index is 0.0165. The number of anilines is 1. The summed E-state index contributed by atoms with van der Waals surface area (Å²) in [4.78, 5) is 62.6. The van der Waals surface area contributed by atoms with Gasteiger partial charge in [-0.15, -0.1) is 0 Å². The van der Waals surface area contributed by atoms with E-state index in [1.54, 1.807) is 24.3 Å². The third-order valence-electron chi connectivity index (χ3n) is 6.56. The average molecular weight is 551 g/mol. The number of amides is 2. The van der Waals surface area contributed by atoms with Gasteiger partial charge in [0, 0.05) is 17.7 Å². The minimum atomic E-state index is -0.890. The van der Waals surface area contributed by atoms with Crippen LogP contribution in [-0.2, 0) is 4.74 Å². The number of imide groups is 1. The van der Waals surface area contributed by atoms with Gasteiger partial charge in [-0.05, 0) is 67.4 Å². The summed E-state index contributed by atoms with van der Waals surface area (Å²) in [6, 6.07) is 21.3. The molecule has 0 aromatic heterocycles. The van der Waals surface area contributed by atoms with Crippen molar-refractivity contribution in [3.8, 4) is 11.5 Å². The molecule has 41 heavy (non-hydrogen) atoms. The summed E-state index contributed by atoms with van der Waals surface area (Å²) in [6.07, 6.45) is 0. The fourth-order valence-electron chi connectivity index (χ4n) is 4.43. The molecule has 0 saturated heterocycles. The van der Waals surface area contributed by atoms with E-state index in [0.29, 0.717) is 11.4 Å². The van der Waals surface area contributed by atoms with Gasteiger partial charge in [-0.3, -0.25) is 24.5 Å². The van der Waals surface area contributed by atoms with Crippen molar-refractivity contribution in [1.82, 2.24) is 0 Å². The van der Waals surface area contributed by atoms with Crippen LogP contribution in [-0.4, -0.2) is 35.1 Å². The number of nitro benzene ring substituents is 1. The Kier molecular flexibility index (Phi) is 7.13. The first-order valence-corrected chi connectivity index (χ1v) is 12.5. The van der Waals surface area contributed by atoms with Crippen LogP contribution in [0.1, 0.15) is 52.6 Å². The maximum Gasteiger partial charge on any atom is 0.338 e. The van der Waals surface area contributed by atoms with Crippen molar-refractivity contribution >= 4 is 34.9 Å². The van der Waals surface area contributed by atoms with Crippen molar-refractivity contribution < 1.29 is 33.6 Å². The number of hydrogen-bond acceptors (Lipinski definition) is 8. The van der Waals surface area contributed by atoms with E-state index in [1.807, 2.05) is 32.0 Å². The molecule has 10 nitrogen and oxygen atoms in total. The summed E-state index contributed by atoms with van der Waals surface area (Å²) < 4.78 is 11.1. The summed E-state index contributed by atoms with van der Waals surface area (Å²) in [5.41, 5.74) is 2.13. The lowest BCUT2D eigenvalue weighted by atomic mass is 10.1. The van der Waals surface area contributed by atoms with E-state index >= 15 is 0 Å². The molecule has 0 N–H and O–H groups in total. The molecule has 0 bridgehead atoms. The Morgan fingerprint density at radius 3 is 2.15 bits per heavy atom. The third-order valence-corrected chi connectivity index (χ3v) is 6.56. The molecule has 204 valence electrons. The molecular formula is C31H22N2O8. The lowest BCUT2D eigenvalue weighted by Gasteiger charge is -2.15. The van der Waals surface area contributed by atoms with E-state index in [1.165, 1.54) is 36.4 Å². The topological polar surface area (TPSA) is 133 Å². The van der Waals surface area contributed by atoms with Crippen LogP contribution in [0.15, 0.2) is 84.9 Å². The molecule has 0 radical (unpaired) electrons. The van der Waals surface area contributed by atoms with Gasteiger partial charge in [0.1, 0.15) is 11.5 Å². The van der Waals surface area contributed by atoms with E-state index < -0.39 is 35.1 Å². The van der Waals surface area contributed by atoms with E-state index in [2.05, 4.69) is 0 Å². The van der Waals surface area contributed by atoms with Crippen molar-refractivity contribution in [3.63, 3.8) is 0 Å². The summed E-state index contributed by atoms with van der Waals surface area (Å²) in [6.45, 7) is 3.22. The second-order valence-corrected chi connectivity index (χ2v) is 9.33. The van der Waals surface area contributed by atoms with Gasteiger partial charge >= 0.3 is 5.97 Å². The van der Waals surface area contributed by atoms with Crippen LogP contribution in [0.4, 0.5) is 11.4 Å². The molecule has 0 atom stereocenters. The molecule has 0 saturated carbocycles. The van der Waals surface area contributed by atoms with Crippen LogP contribution < -0.4 is 9.64 Å². The average Bonchev–Trinajstić information content (AvgIpc) is 3.22. The third kappa shape index (κ3) is 5.30. The number of fused-ring (bicyclic) bond motifs is 1. The van der Waals surface area contributed by atoms with E-state index in [4.69, 9.17) is 9.47 Å². The number of non-ortho nitro benzene ring substituents is 1. The highest BCUT2D eigenvalue weighted by molar-refractivity contribution is 6.34. The van der Waals surface area contributed by atoms with Crippen LogP contribution in [0.2, 0.25) is 0 Å². The number of nitro groups is 1. The number of hydrogen-bond donors (Lipinski definition) is 0. The molecule has 0 spiro atoms. The number of benzene rings is 4. The Hall–Kier alpha value is -5.64. The highest BCUT2D eigenvalue weighted by Crippen LogP contribution is 2.33. The van der Waals surface area contributed by atoms with Gasteiger partial charge in [0.05, 0.1) is 27.3 Å². The molecule has 1 aliphatic heterocycles. The molecule has 4 aromatic carbocycles. The second-order valence-electron chi connectivity index (χ2n) is 9.33. The van der Waals surface area contributed by atoms with Gasteiger partial charge in [-0.2, -0.15) is 0 Å². The van der Waals surface area contributed by atoms with E-state index in [0.717, 1.165) is 27.8 Å². The molecule has 0 fully saturated rings.